The summed E-state index contributed by atoms with van der Waals surface area (Å²) < 4.78 is 40.9. The largest absolute Gasteiger partial charge is 0.418 e. The van der Waals surface area contributed by atoms with Gasteiger partial charge < -0.3 is 5.32 Å². The molecule has 6 nitrogen and oxygen atoms in total. The Bertz CT molecular complexity index is 1200. The van der Waals surface area contributed by atoms with Crippen LogP contribution in [0.2, 0.25) is 0 Å². The molecule has 0 unspecified atom stereocenters. The number of carbonyl (C=O) groups is 1. The van der Waals surface area contributed by atoms with Gasteiger partial charge in [0, 0.05) is 5.69 Å². The van der Waals surface area contributed by atoms with E-state index in [0.29, 0.717) is 11.0 Å². The lowest BCUT2D eigenvalue weighted by atomic mass is 9.95. The molecule has 0 radical (unpaired) electrons. The second kappa shape index (κ2) is 8.13. The molecule has 3 aromatic rings. The lowest BCUT2D eigenvalue weighted by Crippen LogP contribution is -2.34. The maximum Gasteiger partial charge on any atom is 0.418 e. The zero-order valence-corrected chi connectivity index (χ0v) is 16.9. The van der Waals surface area contributed by atoms with E-state index in [0.717, 1.165) is 43.0 Å². The summed E-state index contributed by atoms with van der Waals surface area (Å²) >= 11 is 0. The predicted octanol–water partition coefficient (Wildman–Crippen LogP) is 4.28. The first-order valence-electron chi connectivity index (χ1n) is 10.2. The van der Waals surface area contributed by atoms with Crippen molar-refractivity contribution >= 4 is 22.6 Å². The number of para-hydroxylation sites is 1. The molecule has 1 N–H and O–H groups in total. The van der Waals surface area contributed by atoms with Crippen molar-refractivity contribution in [3.8, 4) is 0 Å². The number of carbonyl (C=O) groups excluding carboxylic acids is 1. The molecule has 0 saturated carbocycles. The number of pyridine rings is 1. The van der Waals surface area contributed by atoms with Gasteiger partial charge in [-0.2, -0.15) is 13.2 Å². The Morgan fingerprint density at radius 2 is 1.97 bits per heavy atom. The highest BCUT2D eigenvalue weighted by Gasteiger charge is 2.34. The van der Waals surface area contributed by atoms with Crippen LogP contribution in [-0.4, -0.2) is 20.4 Å². The minimum atomic E-state index is -4.61. The summed E-state index contributed by atoms with van der Waals surface area (Å²) in [5, 5.41) is 2.64. The van der Waals surface area contributed by atoms with Gasteiger partial charge in [-0.15, -0.1) is 0 Å². The maximum absolute atomic E-state index is 13.3. The van der Waals surface area contributed by atoms with E-state index in [1.165, 1.54) is 29.1 Å². The summed E-state index contributed by atoms with van der Waals surface area (Å²) in [4.78, 5) is 34.7. The molecule has 2 aromatic heterocycles. The van der Waals surface area contributed by atoms with Crippen LogP contribution in [-0.2, 0) is 23.8 Å². The summed E-state index contributed by atoms with van der Waals surface area (Å²) in [6.45, 7) is 1.68. The van der Waals surface area contributed by atoms with E-state index in [2.05, 4.69) is 15.3 Å². The van der Waals surface area contributed by atoms with Gasteiger partial charge in [0.25, 0.3) is 5.56 Å². The fourth-order valence-electron chi connectivity index (χ4n) is 3.97. The number of aromatic nitrogens is 3. The summed E-state index contributed by atoms with van der Waals surface area (Å²) in [7, 11) is 0. The lowest BCUT2D eigenvalue weighted by Gasteiger charge is -2.20. The first kappa shape index (κ1) is 21.0. The first-order chi connectivity index (χ1) is 14.8. The van der Waals surface area contributed by atoms with E-state index in [-0.39, 0.29) is 12.1 Å². The number of nitrogens with one attached hydrogen (secondary N) is 1. The minimum Gasteiger partial charge on any atom is -0.324 e. The monoisotopic (exact) mass is 430 g/mol. The minimum absolute atomic E-state index is 0.200. The summed E-state index contributed by atoms with van der Waals surface area (Å²) in [6.07, 6.45) is 0.569. The Balaban J connectivity index is 1.70. The van der Waals surface area contributed by atoms with Crippen LogP contribution in [0.1, 0.15) is 49.0 Å². The van der Waals surface area contributed by atoms with Crippen LogP contribution in [0.4, 0.5) is 18.9 Å². The van der Waals surface area contributed by atoms with Crippen LogP contribution in [0.3, 0.4) is 0 Å². The zero-order valence-electron chi connectivity index (χ0n) is 16.9. The first-order valence-corrected chi connectivity index (χ1v) is 10.2. The van der Waals surface area contributed by atoms with E-state index < -0.39 is 29.2 Å². The fraction of sp³-hybridized carbons (Fsp3) is 0.364. The van der Waals surface area contributed by atoms with Crippen molar-refractivity contribution in [1.29, 1.82) is 0 Å². The van der Waals surface area contributed by atoms with Crippen molar-refractivity contribution in [2.75, 3.05) is 5.32 Å². The van der Waals surface area contributed by atoms with Crippen molar-refractivity contribution in [1.82, 2.24) is 14.5 Å². The maximum atomic E-state index is 13.3. The smallest absolute Gasteiger partial charge is 0.324 e. The predicted molar refractivity (Wildman–Crippen MR) is 110 cm³/mol. The SMILES string of the molecule is CC[C@H](C(=O)Nc1ccccc1C(F)(F)F)n1cnc2nc3c(cc2c1=O)CCCC3. The van der Waals surface area contributed by atoms with Crippen LogP contribution < -0.4 is 10.9 Å². The average molecular weight is 430 g/mol. The molecule has 0 fully saturated rings. The van der Waals surface area contributed by atoms with Gasteiger partial charge in [-0.25, -0.2) is 9.97 Å². The summed E-state index contributed by atoms with van der Waals surface area (Å²) in [5.74, 6) is -0.714. The number of nitrogens with zero attached hydrogens (tertiary/aromatic N) is 3. The number of benzene rings is 1. The van der Waals surface area contributed by atoms with E-state index in [9.17, 15) is 22.8 Å². The van der Waals surface area contributed by atoms with Crippen LogP contribution in [0, 0.1) is 0 Å². The fourth-order valence-corrected chi connectivity index (χ4v) is 3.97. The third-order valence-electron chi connectivity index (χ3n) is 5.57. The van der Waals surface area contributed by atoms with Gasteiger partial charge >= 0.3 is 6.18 Å². The third-order valence-corrected chi connectivity index (χ3v) is 5.57. The Hall–Kier alpha value is -3.23. The Morgan fingerprint density at radius 3 is 2.71 bits per heavy atom. The number of fused-ring (bicyclic) bond motifs is 2. The van der Waals surface area contributed by atoms with Crippen LogP contribution >= 0.6 is 0 Å². The highest BCUT2D eigenvalue weighted by Crippen LogP contribution is 2.35. The van der Waals surface area contributed by atoms with E-state index >= 15 is 0 Å². The molecule has 31 heavy (non-hydrogen) atoms. The van der Waals surface area contributed by atoms with Gasteiger partial charge in [-0.3, -0.25) is 14.2 Å². The van der Waals surface area contributed by atoms with Gasteiger partial charge in [-0.1, -0.05) is 19.1 Å². The number of hydrogen-bond donors (Lipinski definition) is 1. The van der Waals surface area contributed by atoms with Crippen LogP contribution in [0.5, 0.6) is 0 Å². The van der Waals surface area contributed by atoms with Crippen molar-refractivity contribution in [3.05, 3.63) is 63.8 Å². The molecule has 4 rings (SSSR count). The topological polar surface area (TPSA) is 76.9 Å². The second-order valence-electron chi connectivity index (χ2n) is 7.59. The lowest BCUT2D eigenvalue weighted by molar-refractivity contribution is -0.137. The molecular formula is C22H21F3N4O2. The number of hydrogen-bond acceptors (Lipinski definition) is 4. The Morgan fingerprint density at radius 1 is 1.23 bits per heavy atom. The molecule has 9 heteroatoms. The molecule has 0 saturated heterocycles. The molecule has 2 heterocycles. The highest BCUT2D eigenvalue weighted by atomic mass is 19.4. The molecular weight excluding hydrogens is 409 g/mol. The van der Waals surface area contributed by atoms with Gasteiger partial charge in [0.1, 0.15) is 12.4 Å². The van der Waals surface area contributed by atoms with Crippen molar-refractivity contribution < 1.29 is 18.0 Å². The summed E-state index contributed by atoms with van der Waals surface area (Å²) in [5.41, 5.74) is 0.537. The number of amides is 1. The molecule has 1 aliphatic rings. The standard InChI is InChI=1S/C22H21F3N4O2/c1-2-18(20(30)28-17-10-6-4-8-15(17)22(23,24)25)29-12-26-19-14(21(29)31)11-13-7-3-5-9-16(13)27-19/h4,6,8,10-12,18H,2-3,5,7,9H2,1H3,(H,28,30)/t18-/m1/s1. The molecule has 1 atom stereocenters. The molecule has 1 amide bonds. The highest BCUT2D eigenvalue weighted by molar-refractivity contribution is 5.94. The molecule has 1 aliphatic carbocycles. The van der Waals surface area contributed by atoms with Gasteiger partial charge in [-0.05, 0) is 55.9 Å². The van der Waals surface area contributed by atoms with E-state index in [1.54, 1.807) is 13.0 Å². The molecule has 0 spiro atoms. The van der Waals surface area contributed by atoms with Gasteiger partial charge in [0.15, 0.2) is 5.65 Å². The van der Waals surface area contributed by atoms with Crippen LogP contribution in [0.25, 0.3) is 11.0 Å². The second-order valence-corrected chi connectivity index (χ2v) is 7.59. The van der Waals surface area contributed by atoms with E-state index in [1.807, 2.05) is 0 Å². The third kappa shape index (κ3) is 4.04. The molecule has 1 aromatic carbocycles. The Kier molecular flexibility index (Phi) is 5.51. The molecule has 0 aliphatic heterocycles. The van der Waals surface area contributed by atoms with Crippen molar-refractivity contribution in [3.63, 3.8) is 0 Å². The van der Waals surface area contributed by atoms with Crippen LogP contribution in [0.15, 0.2) is 41.5 Å². The number of aryl methyl sites for hydroxylation is 2. The van der Waals surface area contributed by atoms with Gasteiger partial charge in [0.2, 0.25) is 5.91 Å². The number of alkyl halides is 3. The van der Waals surface area contributed by atoms with Crippen molar-refractivity contribution in [2.45, 2.75) is 51.2 Å². The number of halogens is 3. The molecule has 0 bridgehead atoms. The molecule has 162 valence electrons. The number of anilines is 1. The quantitative estimate of drug-likeness (QED) is 0.670. The summed E-state index contributed by atoms with van der Waals surface area (Å²) in [6, 6.07) is 5.51. The average Bonchev–Trinajstić information content (AvgIpc) is 2.74. The van der Waals surface area contributed by atoms with E-state index in [4.69, 9.17) is 0 Å². The number of rotatable bonds is 4. The Labute approximate surface area is 176 Å². The normalized spacial score (nSPS) is 14.8. The van der Waals surface area contributed by atoms with Crippen molar-refractivity contribution in [2.24, 2.45) is 0 Å². The van der Waals surface area contributed by atoms with Gasteiger partial charge in [0.05, 0.1) is 16.6 Å². The zero-order chi connectivity index (χ0) is 22.2.